The van der Waals surface area contributed by atoms with Crippen molar-refractivity contribution >= 4 is 0 Å². The highest BCUT2D eigenvalue weighted by Crippen LogP contribution is 2.18. The summed E-state index contributed by atoms with van der Waals surface area (Å²) in [7, 11) is 0. The zero-order chi connectivity index (χ0) is 8.55. The molecular formula is C9H12N2O. The first kappa shape index (κ1) is 7.55. The molecule has 64 valence electrons. The van der Waals surface area contributed by atoms with E-state index in [4.69, 9.17) is 0 Å². The zero-order valence-corrected chi connectivity index (χ0v) is 7.05. The Hall–Kier alpha value is -1.09. The molecule has 2 N–H and O–H groups in total. The molecule has 1 aromatic rings. The fraction of sp³-hybridized carbons (Fsp3) is 0.444. The molecule has 2 rings (SSSR count). The predicted octanol–water partition coefficient (Wildman–Crippen LogP) is 0.582. The van der Waals surface area contributed by atoms with Gasteiger partial charge < -0.3 is 10.3 Å². The zero-order valence-electron chi connectivity index (χ0n) is 7.05. The minimum Gasteiger partial charge on any atom is -0.326 e. The van der Waals surface area contributed by atoms with Crippen LogP contribution in [0.1, 0.15) is 24.1 Å². The molecule has 0 aromatic carbocycles. The van der Waals surface area contributed by atoms with Crippen LogP contribution in [0.4, 0.5) is 0 Å². The van der Waals surface area contributed by atoms with Gasteiger partial charge in [0.25, 0.3) is 0 Å². The highest BCUT2D eigenvalue weighted by Gasteiger charge is 2.15. The van der Waals surface area contributed by atoms with Crippen LogP contribution in [-0.2, 0) is 6.54 Å². The summed E-state index contributed by atoms with van der Waals surface area (Å²) in [5, 5.41) is 3.29. The van der Waals surface area contributed by atoms with Crippen LogP contribution in [0.3, 0.4) is 0 Å². The number of aromatic amines is 1. The van der Waals surface area contributed by atoms with Gasteiger partial charge >= 0.3 is 0 Å². The van der Waals surface area contributed by atoms with Crippen LogP contribution >= 0.6 is 0 Å². The summed E-state index contributed by atoms with van der Waals surface area (Å²) in [4.78, 5) is 13.9. The van der Waals surface area contributed by atoms with Crippen LogP contribution in [0.2, 0.25) is 0 Å². The second-order valence-corrected chi connectivity index (χ2v) is 3.29. The van der Waals surface area contributed by atoms with Crippen LogP contribution < -0.4 is 10.9 Å². The van der Waals surface area contributed by atoms with E-state index in [-0.39, 0.29) is 5.56 Å². The number of hydrogen-bond acceptors (Lipinski definition) is 2. The fourth-order valence-corrected chi connectivity index (χ4v) is 1.64. The fourth-order valence-electron chi connectivity index (χ4n) is 1.64. The van der Waals surface area contributed by atoms with Crippen molar-refractivity contribution in [3.63, 3.8) is 0 Å². The van der Waals surface area contributed by atoms with E-state index in [0.29, 0.717) is 5.92 Å². The highest BCUT2D eigenvalue weighted by molar-refractivity contribution is 5.25. The molecule has 0 fully saturated rings. The summed E-state index contributed by atoms with van der Waals surface area (Å²) < 4.78 is 0. The summed E-state index contributed by atoms with van der Waals surface area (Å²) in [6.07, 6.45) is 0. The van der Waals surface area contributed by atoms with E-state index in [1.165, 1.54) is 5.56 Å². The summed E-state index contributed by atoms with van der Waals surface area (Å²) >= 11 is 0. The molecule has 0 aliphatic carbocycles. The standard InChI is InChI=1S/C9H12N2O/c1-6-4-10-5-7-2-3-8(12)11-9(6)7/h2-3,6,10H,4-5H2,1H3,(H,11,12). The van der Waals surface area contributed by atoms with Crippen molar-refractivity contribution in [2.24, 2.45) is 0 Å². The first-order valence-electron chi connectivity index (χ1n) is 4.20. The van der Waals surface area contributed by atoms with Crippen molar-refractivity contribution < 1.29 is 0 Å². The van der Waals surface area contributed by atoms with Crippen molar-refractivity contribution in [3.05, 3.63) is 33.7 Å². The summed E-state index contributed by atoms with van der Waals surface area (Å²) in [5.74, 6) is 0.419. The third-order valence-electron chi connectivity index (χ3n) is 2.30. The van der Waals surface area contributed by atoms with E-state index in [0.717, 1.165) is 18.8 Å². The van der Waals surface area contributed by atoms with Gasteiger partial charge in [0, 0.05) is 30.8 Å². The van der Waals surface area contributed by atoms with E-state index < -0.39 is 0 Å². The van der Waals surface area contributed by atoms with Crippen molar-refractivity contribution in [2.45, 2.75) is 19.4 Å². The van der Waals surface area contributed by atoms with Gasteiger partial charge in [-0.05, 0) is 5.56 Å². The number of rotatable bonds is 0. The normalized spacial score (nSPS) is 21.9. The Morgan fingerprint density at radius 1 is 1.50 bits per heavy atom. The van der Waals surface area contributed by atoms with Gasteiger partial charge in [-0.1, -0.05) is 13.0 Å². The molecule has 0 saturated carbocycles. The second kappa shape index (κ2) is 2.75. The lowest BCUT2D eigenvalue weighted by Gasteiger charge is -2.22. The van der Waals surface area contributed by atoms with Gasteiger partial charge in [0.05, 0.1) is 0 Å². The number of hydrogen-bond donors (Lipinski definition) is 2. The number of aromatic nitrogens is 1. The maximum atomic E-state index is 11.0. The quantitative estimate of drug-likeness (QED) is 0.589. The lowest BCUT2D eigenvalue weighted by Crippen LogP contribution is -2.29. The van der Waals surface area contributed by atoms with Crippen molar-refractivity contribution in [1.29, 1.82) is 0 Å². The number of pyridine rings is 1. The molecule has 0 amide bonds. The first-order chi connectivity index (χ1) is 5.77. The van der Waals surface area contributed by atoms with E-state index in [9.17, 15) is 4.79 Å². The SMILES string of the molecule is CC1CNCc2ccc(=O)[nH]c21. The molecule has 0 spiro atoms. The third kappa shape index (κ3) is 1.16. The van der Waals surface area contributed by atoms with Gasteiger partial charge in [0.2, 0.25) is 5.56 Å². The van der Waals surface area contributed by atoms with Crippen LogP contribution in [0.25, 0.3) is 0 Å². The Bertz CT molecular complexity index is 343. The maximum Gasteiger partial charge on any atom is 0.248 e. The van der Waals surface area contributed by atoms with E-state index >= 15 is 0 Å². The third-order valence-corrected chi connectivity index (χ3v) is 2.30. The van der Waals surface area contributed by atoms with Gasteiger partial charge in [-0.15, -0.1) is 0 Å². The largest absolute Gasteiger partial charge is 0.326 e. The Balaban J connectivity index is 2.54. The number of H-pyrrole nitrogens is 1. The minimum atomic E-state index is 0.00231. The molecule has 1 aromatic heterocycles. The average molecular weight is 164 g/mol. The molecule has 1 atom stereocenters. The van der Waals surface area contributed by atoms with Crippen molar-refractivity contribution in [3.8, 4) is 0 Å². The van der Waals surface area contributed by atoms with Crippen molar-refractivity contribution in [2.75, 3.05) is 6.54 Å². The predicted molar refractivity (Wildman–Crippen MR) is 47.2 cm³/mol. The topological polar surface area (TPSA) is 44.9 Å². The van der Waals surface area contributed by atoms with Gasteiger partial charge in [-0.2, -0.15) is 0 Å². The van der Waals surface area contributed by atoms with Crippen LogP contribution in [-0.4, -0.2) is 11.5 Å². The van der Waals surface area contributed by atoms with Gasteiger partial charge in [0.15, 0.2) is 0 Å². The minimum absolute atomic E-state index is 0.00231. The Labute approximate surface area is 70.8 Å². The van der Waals surface area contributed by atoms with Crippen LogP contribution in [0, 0.1) is 0 Å². The van der Waals surface area contributed by atoms with Gasteiger partial charge in [-0.3, -0.25) is 4.79 Å². The summed E-state index contributed by atoms with van der Waals surface area (Å²) in [5.41, 5.74) is 2.32. The highest BCUT2D eigenvalue weighted by atomic mass is 16.1. The Morgan fingerprint density at radius 3 is 3.17 bits per heavy atom. The van der Waals surface area contributed by atoms with E-state index in [2.05, 4.69) is 17.2 Å². The lowest BCUT2D eigenvalue weighted by atomic mass is 9.98. The molecule has 3 nitrogen and oxygen atoms in total. The molecule has 2 heterocycles. The molecule has 3 heteroatoms. The molecular weight excluding hydrogens is 152 g/mol. The van der Waals surface area contributed by atoms with Crippen molar-refractivity contribution in [1.82, 2.24) is 10.3 Å². The average Bonchev–Trinajstić information content (AvgIpc) is 2.07. The van der Waals surface area contributed by atoms with Crippen LogP contribution in [0.5, 0.6) is 0 Å². The maximum absolute atomic E-state index is 11.0. The number of fused-ring (bicyclic) bond motifs is 1. The summed E-state index contributed by atoms with van der Waals surface area (Å²) in [6.45, 7) is 3.93. The second-order valence-electron chi connectivity index (χ2n) is 3.29. The smallest absolute Gasteiger partial charge is 0.248 e. The molecule has 0 bridgehead atoms. The molecule has 1 aliphatic heterocycles. The Kier molecular flexibility index (Phi) is 1.73. The monoisotopic (exact) mass is 164 g/mol. The number of nitrogens with one attached hydrogen (secondary N) is 2. The molecule has 0 radical (unpaired) electrons. The Morgan fingerprint density at radius 2 is 2.33 bits per heavy atom. The molecule has 0 saturated heterocycles. The van der Waals surface area contributed by atoms with Gasteiger partial charge in [-0.25, -0.2) is 0 Å². The van der Waals surface area contributed by atoms with Crippen LogP contribution in [0.15, 0.2) is 16.9 Å². The lowest BCUT2D eigenvalue weighted by molar-refractivity contribution is 0.555. The summed E-state index contributed by atoms with van der Waals surface area (Å²) in [6, 6.07) is 3.48. The molecule has 1 aliphatic rings. The molecule has 12 heavy (non-hydrogen) atoms. The van der Waals surface area contributed by atoms with Gasteiger partial charge in [0.1, 0.15) is 0 Å². The molecule has 1 unspecified atom stereocenters. The van der Waals surface area contributed by atoms with E-state index in [1.54, 1.807) is 6.07 Å². The van der Waals surface area contributed by atoms with E-state index in [1.807, 2.05) is 6.07 Å². The first-order valence-corrected chi connectivity index (χ1v) is 4.20.